The van der Waals surface area contributed by atoms with Gasteiger partial charge in [-0.3, -0.25) is 4.79 Å². The number of anilines is 2. The highest BCUT2D eigenvalue weighted by atomic mass is 19.1. The third kappa shape index (κ3) is 4.31. The van der Waals surface area contributed by atoms with E-state index >= 15 is 0 Å². The fourth-order valence-corrected chi connectivity index (χ4v) is 1.79. The summed E-state index contributed by atoms with van der Waals surface area (Å²) >= 11 is 0. The highest BCUT2D eigenvalue weighted by Gasteiger charge is 2.07. The standard InChI is InChI=1S/C16H15FN2O3/c1-22-16(21)11-3-2-4-14(9-11)18-10-15(20)19-13-7-5-12(17)6-8-13/h2-9,18H,10H2,1H3,(H,19,20). The van der Waals surface area contributed by atoms with E-state index in [9.17, 15) is 14.0 Å². The van der Waals surface area contributed by atoms with Gasteiger partial charge in [0.2, 0.25) is 5.91 Å². The zero-order valence-electron chi connectivity index (χ0n) is 11.9. The molecule has 114 valence electrons. The quantitative estimate of drug-likeness (QED) is 0.833. The number of ether oxygens (including phenoxy) is 1. The lowest BCUT2D eigenvalue weighted by molar-refractivity contribution is -0.114. The summed E-state index contributed by atoms with van der Waals surface area (Å²) in [5, 5.41) is 5.53. The third-order valence-electron chi connectivity index (χ3n) is 2.86. The smallest absolute Gasteiger partial charge is 0.337 e. The van der Waals surface area contributed by atoms with Crippen molar-refractivity contribution in [3.63, 3.8) is 0 Å². The molecule has 0 radical (unpaired) electrons. The van der Waals surface area contributed by atoms with Crippen molar-refractivity contribution in [3.05, 3.63) is 59.9 Å². The Labute approximate surface area is 127 Å². The Bertz CT molecular complexity index is 671. The highest BCUT2D eigenvalue weighted by Crippen LogP contribution is 2.12. The van der Waals surface area contributed by atoms with Gasteiger partial charge in [-0.15, -0.1) is 0 Å². The predicted octanol–water partition coefficient (Wildman–Crippen LogP) is 2.66. The van der Waals surface area contributed by atoms with Crippen LogP contribution in [0.3, 0.4) is 0 Å². The number of benzene rings is 2. The fraction of sp³-hybridized carbons (Fsp3) is 0.125. The number of halogens is 1. The Morgan fingerprint density at radius 1 is 1.09 bits per heavy atom. The van der Waals surface area contributed by atoms with Crippen LogP contribution in [0, 0.1) is 5.82 Å². The molecule has 0 fully saturated rings. The maximum atomic E-state index is 12.8. The van der Waals surface area contributed by atoms with Crippen molar-refractivity contribution in [1.29, 1.82) is 0 Å². The Balaban J connectivity index is 1.91. The van der Waals surface area contributed by atoms with E-state index in [-0.39, 0.29) is 18.3 Å². The van der Waals surface area contributed by atoms with Crippen molar-refractivity contribution in [1.82, 2.24) is 0 Å². The van der Waals surface area contributed by atoms with Gasteiger partial charge in [0.05, 0.1) is 19.2 Å². The summed E-state index contributed by atoms with van der Waals surface area (Å²) in [5.74, 6) is -1.09. The van der Waals surface area contributed by atoms with Crippen molar-refractivity contribution in [2.24, 2.45) is 0 Å². The summed E-state index contributed by atoms with van der Waals surface area (Å²) in [4.78, 5) is 23.2. The number of hydrogen-bond donors (Lipinski definition) is 2. The summed E-state index contributed by atoms with van der Waals surface area (Å²) in [5.41, 5.74) is 1.53. The summed E-state index contributed by atoms with van der Waals surface area (Å²) in [6, 6.07) is 12.1. The van der Waals surface area contributed by atoms with Crippen LogP contribution in [0.1, 0.15) is 10.4 Å². The van der Waals surface area contributed by atoms with Crippen LogP contribution < -0.4 is 10.6 Å². The first-order chi connectivity index (χ1) is 10.6. The number of rotatable bonds is 5. The van der Waals surface area contributed by atoms with Crippen LogP contribution in [-0.4, -0.2) is 25.5 Å². The highest BCUT2D eigenvalue weighted by molar-refractivity contribution is 5.94. The molecule has 2 aromatic rings. The molecule has 6 heteroatoms. The maximum Gasteiger partial charge on any atom is 0.337 e. The van der Waals surface area contributed by atoms with Crippen molar-refractivity contribution in [3.8, 4) is 0 Å². The monoisotopic (exact) mass is 302 g/mol. The van der Waals surface area contributed by atoms with E-state index in [1.165, 1.54) is 31.4 Å². The van der Waals surface area contributed by atoms with Gasteiger partial charge in [-0.25, -0.2) is 9.18 Å². The molecule has 0 spiro atoms. The second kappa shape index (κ2) is 7.21. The Morgan fingerprint density at radius 3 is 2.50 bits per heavy atom. The van der Waals surface area contributed by atoms with Crippen LogP contribution in [0.25, 0.3) is 0 Å². The summed E-state index contributed by atoms with van der Waals surface area (Å²) in [6.45, 7) is 0.0159. The second-order valence-corrected chi connectivity index (χ2v) is 4.48. The molecule has 0 bridgehead atoms. The number of hydrogen-bond acceptors (Lipinski definition) is 4. The second-order valence-electron chi connectivity index (χ2n) is 4.48. The van der Waals surface area contributed by atoms with Gasteiger partial charge in [0.25, 0.3) is 0 Å². The lowest BCUT2D eigenvalue weighted by Gasteiger charge is -2.08. The minimum absolute atomic E-state index is 0.0159. The number of methoxy groups -OCH3 is 1. The van der Waals surface area contributed by atoms with Gasteiger partial charge in [-0.1, -0.05) is 6.07 Å². The lowest BCUT2D eigenvalue weighted by atomic mass is 10.2. The van der Waals surface area contributed by atoms with E-state index in [1.807, 2.05) is 0 Å². The minimum Gasteiger partial charge on any atom is -0.465 e. The average Bonchev–Trinajstić information content (AvgIpc) is 2.54. The van der Waals surface area contributed by atoms with E-state index in [2.05, 4.69) is 15.4 Å². The summed E-state index contributed by atoms with van der Waals surface area (Å²) in [7, 11) is 1.30. The lowest BCUT2D eigenvalue weighted by Crippen LogP contribution is -2.21. The molecule has 1 amide bonds. The Hall–Kier alpha value is -2.89. The zero-order chi connectivity index (χ0) is 15.9. The van der Waals surface area contributed by atoms with Crippen LogP contribution in [0.5, 0.6) is 0 Å². The van der Waals surface area contributed by atoms with Gasteiger partial charge in [-0.2, -0.15) is 0 Å². The fourth-order valence-electron chi connectivity index (χ4n) is 1.79. The van der Waals surface area contributed by atoms with Gasteiger partial charge in [-0.05, 0) is 42.5 Å². The van der Waals surface area contributed by atoms with Crippen LogP contribution >= 0.6 is 0 Å². The number of carbonyl (C=O) groups excluding carboxylic acids is 2. The molecule has 0 heterocycles. The number of amides is 1. The van der Waals surface area contributed by atoms with Crippen molar-refractivity contribution in [2.75, 3.05) is 24.3 Å². The van der Waals surface area contributed by atoms with Gasteiger partial charge in [0.1, 0.15) is 5.82 Å². The van der Waals surface area contributed by atoms with E-state index in [0.29, 0.717) is 16.9 Å². The Kier molecular flexibility index (Phi) is 5.08. The zero-order valence-corrected chi connectivity index (χ0v) is 11.9. The normalized spacial score (nSPS) is 9.91. The molecule has 0 aliphatic rings. The number of nitrogens with one attached hydrogen (secondary N) is 2. The summed E-state index contributed by atoms with van der Waals surface area (Å²) < 4.78 is 17.4. The van der Waals surface area contributed by atoms with Crippen molar-refractivity contribution >= 4 is 23.3 Å². The first kappa shape index (κ1) is 15.5. The molecule has 2 aromatic carbocycles. The van der Waals surface area contributed by atoms with E-state index in [4.69, 9.17) is 0 Å². The molecule has 0 atom stereocenters. The SMILES string of the molecule is COC(=O)c1cccc(NCC(=O)Nc2ccc(F)cc2)c1. The average molecular weight is 302 g/mol. The molecule has 5 nitrogen and oxygen atoms in total. The minimum atomic E-state index is -0.445. The molecule has 0 unspecified atom stereocenters. The first-order valence-corrected chi connectivity index (χ1v) is 6.56. The van der Waals surface area contributed by atoms with Gasteiger partial charge in [0.15, 0.2) is 0 Å². The summed E-state index contributed by atoms with van der Waals surface area (Å²) in [6.07, 6.45) is 0. The third-order valence-corrected chi connectivity index (χ3v) is 2.86. The van der Waals surface area contributed by atoms with Crippen LogP contribution in [-0.2, 0) is 9.53 Å². The van der Waals surface area contributed by atoms with Crippen LogP contribution in [0.4, 0.5) is 15.8 Å². The Morgan fingerprint density at radius 2 is 1.82 bits per heavy atom. The molecule has 0 aliphatic heterocycles. The first-order valence-electron chi connectivity index (χ1n) is 6.56. The van der Waals surface area contributed by atoms with Gasteiger partial charge >= 0.3 is 5.97 Å². The number of carbonyl (C=O) groups is 2. The molecular formula is C16H15FN2O3. The van der Waals surface area contributed by atoms with E-state index in [1.54, 1.807) is 24.3 Å². The van der Waals surface area contributed by atoms with Gasteiger partial charge < -0.3 is 15.4 Å². The molecule has 2 rings (SSSR count). The molecule has 0 saturated carbocycles. The van der Waals surface area contributed by atoms with E-state index in [0.717, 1.165) is 0 Å². The van der Waals surface area contributed by atoms with Crippen molar-refractivity contribution in [2.45, 2.75) is 0 Å². The van der Waals surface area contributed by atoms with Crippen LogP contribution in [0.15, 0.2) is 48.5 Å². The topological polar surface area (TPSA) is 67.4 Å². The van der Waals surface area contributed by atoms with Crippen molar-refractivity contribution < 1.29 is 18.7 Å². The molecule has 0 aromatic heterocycles. The largest absolute Gasteiger partial charge is 0.465 e. The van der Waals surface area contributed by atoms with E-state index < -0.39 is 5.97 Å². The molecule has 2 N–H and O–H groups in total. The van der Waals surface area contributed by atoms with Crippen LogP contribution in [0.2, 0.25) is 0 Å². The molecule has 0 aliphatic carbocycles. The molecular weight excluding hydrogens is 287 g/mol. The molecule has 0 saturated heterocycles. The predicted molar refractivity (Wildman–Crippen MR) is 81.3 cm³/mol. The molecule has 22 heavy (non-hydrogen) atoms. The maximum absolute atomic E-state index is 12.8. The van der Waals surface area contributed by atoms with Gasteiger partial charge in [0, 0.05) is 11.4 Å². The number of esters is 1.